The van der Waals surface area contributed by atoms with Gasteiger partial charge in [0.25, 0.3) is 0 Å². The van der Waals surface area contributed by atoms with E-state index in [0.717, 1.165) is 12.1 Å². The van der Waals surface area contributed by atoms with Crippen LogP contribution < -0.4 is 10.9 Å². The van der Waals surface area contributed by atoms with Gasteiger partial charge in [-0.05, 0) is 59.6 Å². The largest absolute Gasteiger partial charge is 0.416 e. The fourth-order valence-electron chi connectivity index (χ4n) is 7.19. The van der Waals surface area contributed by atoms with Crippen molar-refractivity contribution in [2.24, 2.45) is 46.8 Å². The van der Waals surface area contributed by atoms with Gasteiger partial charge in [-0.2, -0.15) is 13.2 Å². The standard InChI is InChI=1S/C20H16ClF3N2O/c21-13-7-8(20(22,23)24)1-6-14(13)25-26-18(27)19-11-4-2-9-15(11)16-10(17(9)19)3-5-12(16)19/h1-7,9-12,15-17,25H,(H,26,27). The van der Waals surface area contributed by atoms with Crippen LogP contribution in [0.15, 0.2) is 42.5 Å². The zero-order chi connectivity index (χ0) is 18.7. The van der Waals surface area contributed by atoms with Gasteiger partial charge in [-0.3, -0.25) is 15.6 Å². The van der Waals surface area contributed by atoms with Crippen LogP contribution in [0.1, 0.15) is 5.56 Å². The van der Waals surface area contributed by atoms with Crippen LogP contribution >= 0.6 is 11.6 Å². The Morgan fingerprint density at radius 2 is 1.67 bits per heavy atom. The van der Waals surface area contributed by atoms with Crippen molar-refractivity contribution in [1.29, 1.82) is 0 Å². The Labute approximate surface area is 158 Å². The molecule has 4 saturated carbocycles. The molecular formula is C20H16ClF3N2O. The maximum Gasteiger partial charge on any atom is 0.416 e. The van der Waals surface area contributed by atoms with Crippen LogP contribution in [0.25, 0.3) is 0 Å². The minimum Gasteiger partial charge on any atom is -0.297 e. The normalized spacial score (nSPS) is 43.9. The molecule has 8 bridgehead atoms. The third-order valence-corrected chi connectivity index (χ3v) is 8.04. The Hall–Kier alpha value is -1.95. The summed E-state index contributed by atoms with van der Waals surface area (Å²) in [7, 11) is 0. The summed E-state index contributed by atoms with van der Waals surface area (Å²) < 4.78 is 38.3. The summed E-state index contributed by atoms with van der Waals surface area (Å²) in [5, 5.41) is -0.0783. The predicted molar refractivity (Wildman–Crippen MR) is 93.4 cm³/mol. The summed E-state index contributed by atoms with van der Waals surface area (Å²) in [5.74, 6) is 2.95. The van der Waals surface area contributed by atoms with Crippen LogP contribution in [-0.4, -0.2) is 5.91 Å². The van der Waals surface area contributed by atoms with Crippen molar-refractivity contribution in [1.82, 2.24) is 5.43 Å². The number of halogens is 4. The number of allylic oxidation sites excluding steroid dienone is 4. The minimum atomic E-state index is -4.45. The van der Waals surface area contributed by atoms with E-state index in [0.29, 0.717) is 29.6 Å². The predicted octanol–water partition coefficient (Wildman–Crippen LogP) is 4.28. The SMILES string of the molecule is O=C(NNc1ccc(C(F)(F)F)cc1Cl)C12C3C=CC4C3C3C(C=CC31)C42. The number of hydrogen-bond donors (Lipinski definition) is 2. The first-order chi connectivity index (χ1) is 12.8. The summed E-state index contributed by atoms with van der Waals surface area (Å²) >= 11 is 5.98. The van der Waals surface area contributed by atoms with Crippen LogP contribution in [0.5, 0.6) is 0 Å². The van der Waals surface area contributed by atoms with E-state index in [1.807, 2.05) is 0 Å². The highest BCUT2D eigenvalue weighted by Gasteiger charge is 2.84. The maximum atomic E-state index is 13.3. The number of alkyl halides is 3. The molecule has 140 valence electrons. The first-order valence-corrected chi connectivity index (χ1v) is 9.53. The number of rotatable bonds is 3. The van der Waals surface area contributed by atoms with Crippen LogP contribution in [0.3, 0.4) is 0 Å². The van der Waals surface area contributed by atoms with Gasteiger partial charge in [0.05, 0.1) is 21.7 Å². The molecule has 0 heterocycles. The molecule has 0 aliphatic heterocycles. The molecule has 3 nitrogen and oxygen atoms in total. The molecule has 0 radical (unpaired) electrons. The number of hydrazine groups is 1. The number of carbonyl (C=O) groups is 1. The van der Waals surface area contributed by atoms with Gasteiger partial charge in [-0.25, -0.2) is 0 Å². The molecule has 0 aromatic heterocycles. The molecule has 6 aliphatic carbocycles. The highest BCUT2D eigenvalue weighted by molar-refractivity contribution is 6.33. The van der Waals surface area contributed by atoms with E-state index in [-0.39, 0.29) is 28.5 Å². The molecule has 7 rings (SSSR count). The highest BCUT2D eigenvalue weighted by atomic mass is 35.5. The van der Waals surface area contributed by atoms with Crippen LogP contribution in [0.4, 0.5) is 18.9 Å². The summed E-state index contributed by atoms with van der Waals surface area (Å²) in [6.07, 6.45) is 4.53. The van der Waals surface area contributed by atoms with Crippen molar-refractivity contribution < 1.29 is 18.0 Å². The summed E-state index contributed by atoms with van der Waals surface area (Å²) in [6.45, 7) is 0. The quantitative estimate of drug-likeness (QED) is 0.595. The maximum absolute atomic E-state index is 13.3. The van der Waals surface area contributed by atoms with E-state index < -0.39 is 17.2 Å². The molecule has 1 amide bonds. The number of amides is 1. The molecule has 0 saturated heterocycles. The van der Waals surface area contributed by atoms with Crippen molar-refractivity contribution in [3.63, 3.8) is 0 Å². The number of nitrogens with one attached hydrogen (secondary N) is 2. The molecule has 4 fully saturated rings. The number of hydrogen-bond acceptors (Lipinski definition) is 2. The Bertz CT molecular complexity index is 908. The first kappa shape index (κ1) is 16.0. The smallest absolute Gasteiger partial charge is 0.297 e. The van der Waals surface area contributed by atoms with E-state index in [4.69, 9.17) is 11.6 Å². The molecule has 7 heteroatoms. The average molecular weight is 393 g/mol. The summed E-state index contributed by atoms with van der Waals surface area (Å²) in [4.78, 5) is 13.3. The Kier molecular flexibility index (Phi) is 2.80. The summed E-state index contributed by atoms with van der Waals surface area (Å²) in [5.41, 5.74) is 4.55. The van der Waals surface area contributed by atoms with Crippen LogP contribution in [0, 0.1) is 46.8 Å². The molecule has 27 heavy (non-hydrogen) atoms. The summed E-state index contributed by atoms with van der Waals surface area (Å²) in [6, 6.07) is 3.06. The lowest BCUT2D eigenvalue weighted by Gasteiger charge is -2.41. The third kappa shape index (κ3) is 1.66. The van der Waals surface area contributed by atoms with Crippen molar-refractivity contribution in [2.75, 3.05) is 5.43 Å². The van der Waals surface area contributed by atoms with E-state index in [9.17, 15) is 18.0 Å². The second-order valence-corrected chi connectivity index (χ2v) is 8.77. The van der Waals surface area contributed by atoms with E-state index >= 15 is 0 Å². The number of benzene rings is 1. The molecule has 1 aromatic carbocycles. The number of anilines is 1. The fourth-order valence-corrected chi connectivity index (χ4v) is 7.42. The molecule has 6 unspecified atom stereocenters. The molecule has 1 aromatic rings. The molecule has 0 spiro atoms. The van der Waals surface area contributed by atoms with Gasteiger partial charge in [-0.1, -0.05) is 35.9 Å². The lowest BCUT2D eigenvalue weighted by Crippen LogP contribution is -2.52. The van der Waals surface area contributed by atoms with Gasteiger partial charge in [0.15, 0.2) is 0 Å². The van der Waals surface area contributed by atoms with Crippen molar-refractivity contribution in [2.45, 2.75) is 6.18 Å². The lowest BCUT2D eigenvalue weighted by atomic mass is 9.62. The van der Waals surface area contributed by atoms with Gasteiger partial charge in [0.1, 0.15) is 0 Å². The van der Waals surface area contributed by atoms with E-state index in [2.05, 4.69) is 35.2 Å². The van der Waals surface area contributed by atoms with Gasteiger partial charge < -0.3 is 0 Å². The second-order valence-electron chi connectivity index (χ2n) is 8.36. The van der Waals surface area contributed by atoms with Gasteiger partial charge in [-0.15, -0.1) is 0 Å². The highest BCUT2D eigenvalue weighted by Crippen LogP contribution is 2.84. The zero-order valence-corrected chi connectivity index (χ0v) is 14.8. The number of carbonyl (C=O) groups excluding carboxylic acids is 1. The second kappa shape index (κ2) is 4.72. The topological polar surface area (TPSA) is 41.1 Å². The van der Waals surface area contributed by atoms with Gasteiger partial charge >= 0.3 is 6.18 Å². The molecule has 2 N–H and O–H groups in total. The first-order valence-electron chi connectivity index (χ1n) is 9.15. The Morgan fingerprint density at radius 3 is 2.22 bits per heavy atom. The lowest BCUT2D eigenvalue weighted by molar-refractivity contribution is -0.138. The molecular weight excluding hydrogens is 377 g/mol. The minimum absolute atomic E-state index is 0.0651. The van der Waals surface area contributed by atoms with E-state index in [1.54, 1.807) is 0 Å². The fraction of sp³-hybridized carbons (Fsp3) is 0.450. The van der Waals surface area contributed by atoms with E-state index in [1.165, 1.54) is 6.07 Å². The Balaban J connectivity index is 1.26. The third-order valence-electron chi connectivity index (χ3n) is 7.73. The van der Waals surface area contributed by atoms with Gasteiger partial charge in [0, 0.05) is 0 Å². The molecule has 6 aliphatic rings. The van der Waals surface area contributed by atoms with Crippen LogP contribution in [-0.2, 0) is 11.0 Å². The zero-order valence-electron chi connectivity index (χ0n) is 14.0. The van der Waals surface area contributed by atoms with Gasteiger partial charge in [0.2, 0.25) is 5.91 Å². The average Bonchev–Trinajstić information content (AvgIpc) is 3.40. The van der Waals surface area contributed by atoms with Crippen molar-refractivity contribution >= 4 is 23.2 Å². The van der Waals surface area contributed by atoms with Crippen molar-refractivity contribution in [3.8, 4) is 0 Å². The van der Waals surface area contributed by atoms with Crippen molar-refractivity contribution in [3.05, 3.63) is 53.1 Å². The monoisotopic (exact) mass is 392 g/mol. The van der Waals surface area contributed by atoms with Crippen LogP contribution in [0.2, 0.25) is 5.02 Å². The molecule has 6 atom stereocenters. The Morgan fingerprint density at radius 1 is 1.04 bits per heavy atom.